The van der Waals surface area contributed by atoms with Crippen LogP contribution in [0.15, 0.2) is 71.6 Å². The molecule has 6 nitrogen and oxygen atoms in total. The Morgan fingerprint density at radius 3 is 2.52 bits per heavy atom. The van der Waals surface area contributed by atoms with Crippen molar-refractivity contribution in [3.8, 4) is 5.75 Å². The molecule has 1 heterocycles. The SMILES string of the molecule is COc1ccc(S(=O)(=O)N(C)c2ccc3sc(C(=O)Nc4ccccc4Cl)cc3c2)cc1C. The molecule has 0 aliphatic heterocycles. The molecule has 33 heavy (non-hydrogen) atoms. The third-order valence-electron chi connectivity index (χ3n) is 5.23. The van der Waals surface area contributed by atoms with E-state index in [9.17, 15) is 13.2 Å². The maximum absolute atomic E-state index is 13.2. The van der Waals surface area contributed by atoms with E-state index in [0.717, 1.165) is 15.6 Å². The fraction of sp³-hybridized carbons (Fsp3) is 0.125. The molecule has 9 heteroatoms. The average molecular weight is 501 g/mol. The number of benzene rings is 3. The van der Waals surface area contributed by atoms with E-state index in [2.05, 4.69) is 5.32 Å². The number of hydrogen-bond donors (Lipinski definition) is 1. The highest BCUT2D eigenvalue weighted by atomic mass is 35.5. The molecule has 4 rings (SSSR count). The van der Waals surface area contributed by atoms with Gasteiger partial charge in [-0.2, -0.15) is 0 Å². The minimum Gasteiger partial charge on any atom is -0.496 e. The molecule has 1 aromatic heterocycles. The van der Waals surface area contributed by atoms with Crippen LogP contribution in [0, 0.1) is 6.92 Å². The number of nitrogens with zero attached hydrogens (tertiary/aromatic N) is 1. The highest BCUT2D eigenvalue weighted by molar-refractivity contribution is 7.92. The Morgan fingerprint density at radius 2 is 1.82 bits per heavy atom. The van der Waals surface area contributed by atoms with Crippen LogP contribution >= 0.6 is 22.9 Å². The van der Waals surface area contributed by atoms with Crippen molar-refractivity contribution in [2.45, 2.75) is 11.8 Å². The lowest BCUT2D eigenvalue weighted by atomic mass is 10.2. The molecule has 0 saturated carbocycles. The second-order valence-electron chi connectivity index (χ2n) is 7.37. The first-order valence-corrected chi connectivity index (χ1v) is 12.6. The summed E-state index contributed by atoms with van der Waals surface area (Å²) >= 11 is 7.45. The Kier molecular flexibility index (Phi) is 6.34. The molecule has 4 aromatic rings. The summed E-state index contributed by atoms with van der Waals surface area (Å²) in [4.78, 5) is 13.4. The number of carbonyl (C=O) groups excluding carboxylic acids is 1. The first kappa shape index (κ1) is 23.1. The first-order valence-electron chi connectivity index (χ1n) is 9.94. The fourth-order valence-electron chi connectivity index (χ4n) is 3.39. The molecule has 0 aliphatic carbocycles. The predicted octanol–water partition coefficient (Wildman–Crippen LogP) is 5.95. The van der Waals surface area contributed by atoms with Gasteiger partial charge in [0.15, 0.2) is 0 Å². The number of hydrogen-bond acceptors (Lipinski definition) is 5. The number of halogens is 1. The zero-order chi connectivity index (χ0) is 23.8. The Bertz CT molecular complexity index is 1460. The van der Waals surface area contributed by atoms with Gasteiger partial charge in [-0.3, -0.25) is 9.10 Å². The summed E-state index contributed by atoms with van der Waals surface area (Å²) in [6.07, 6.45) is 0. The summed E-state index contributed by atoms with van der Waals surface area (Å²) in [5.74, 6) is 0.347. The third-order valence-corrected chi connectivity index (χ3v) is 8.46. The zero-order valence-electron chi connectivity index (χ0n) is 18.1. The van der Waals surface area contributed by atoms with E-state index >= 15 is 0 Å². The summed E-state index contributed by atoms with van der Waals surface area (Å²) in [7, 11) is -0.725. The number of rotatable bonds is 6. The molecule has 0 spiro atoms. The van der Waals surface area contributed by atoms with E-state index in [1.807, 2.05) is 6.07 Å². The number of aryl methyl sites for hydroxylation is 1. The average Bonchev–Trinajstić information content (AvgIpc) is 3.23. The number of methoxy groups -OCH3 is 1. The van der Waals surface area contributed by atoms with Crippen LogP contribution < -0.4 is 14.4 Å². The van der Waals surface area contributed by atoms with Gasteiger partial charge in [-0.15, -0.1) is 11.3 Å². The minimum atomic E-state index is -3.78. The van der Waals surface area contributed by atoms with Gasteiger partial charge >= 0.3 is 0 Å². The van der Waals surface area contributed by atoms with Gasteiger partial charge in [0, 0.05) is 11.7 Å². The molecule has 3 aromatic carbocycles. The van der Waals surface area contributed by atoms with Crippen LogP contribution in [0.25, 0.3) is 10.1 Å². The van der Waals surface area contributed by atoms with Crippen LogP contribution in [-0.4, -0.2) is 28.5 Å². The topological polar surface area (TPSA) is 75.7 Å². The van der Waals surface area contributed by atoms with Crippen LogP contribution in [-0.2, 0) is 10.0 Å². The summed E-state index contributed by atoms with van der Waals surface area (Å²) in [6.45, 7) is 1.80. The van der Waals surface area contributed by atoms with Gasteiger partial charge < -0.3 is 10.1 Å². The summed E-state index contributed by atoms with van der Waals surface area (Å²) < 4.78 is 33.7. The summed E-state index contributed by atoms with van der Waals surface area (Å²) in [5, 5.41) is 4.03. The van der Waals surface area contributed by atoms with Crippen LogP contribution in [0.3, 0.4) is 0 Å². The highest BCUT2D eigenvalue weighted by Crippen LogP contribution is 2.32. The lowest BCUT2D eigenvalue weighted by Gasteiger charge is -2.20. The van der Waals surface area contributed by atoms with Crippen molar-refractivity contribution >= 4 is 60.3 Å². The first-order chi connectivity index (χ1) is 15.7. The smallest absolute Gasteiger partial charge is 0.265 e. The summed E-state index contributed by atoms with van der Waals surface area (Å²) in [5.41, 5.74) is 1.75. The van der Waals surface area contributed by atoms with Crippen molar-refractivity contribution in [2.75, 3.05) is 23.8 Å². The maximum Gasteiger partial charge on any atom is 0.265 e. The number of nitrogens with one attached hydrogen (secondary N) is 1. The predicted molar refractivity (Wildman–Crippen MR) is 135 cm³/mol. The molecule has 0 aliphatic rings. The molecule has 0 bridgehead atoms. The Morgan fingerprint density at radius 1 is 1.06 bits per heavy atom. The molecular weight excluding hydrogens is 480 g/mol. The van der Waals surface area contributed by atoms with Crippen LogP contribution in [0.4, 0.5) is 11.4 Å². The number of sulfonamides is 1. The minimum absolute atomic E-state index is 0.175. The lowest BCUT2D eigenvalue weighted by Crippen LogP contribution is -2.26. The second-order valence-corrected chi connectivity index (χ2v) is 10.8. The molecule has 0 unspecified atom stereocenters. The molecule has 0 atom stereocenters. The maximum atomic E-state index is 13.2. The van der Waals surface area contributed by atoms with Gasteiger partial charge in [-0.25, -0.2) is 8.42 Å². The van der Waals surface area contributed by atoms with Crippen LogP contribution in [0.5, 0.6) is 5.75 Å². The van der Waals surface area contributed by atoms with E-state index in [0.29, 0.717) is 27.0 Å². The molecular formula is C24H21ClN2O4S2. The number of fused-ring (bicyclic) bond motifs is 1. The molecule has 1 amide bonds. The van der Waals surface area contributed by atoms with Gasteiger partial charge in [-0.1, -0.05) is 23.7 Å². The standard InChI is InChI=1S/C24H21ClN2O4S2/c1-15-12-18(9-10-21(15)31-3)33(29,30)27(2)17-8-11-22-16(13-17)14-23(32-22)24(28)26-20-7-5-4-6-19(20)25/h4-14H,1-3H3,(H,26,28). The number of thiophene rings is 1. The monoisotopic (exact) mass is 500 g/mol. The van der Waals surface area contributed by atoms with Crippen molar-refractivity contribution in [1.82, 2.24) is 0 Å². The molecule has 170 valence electrons. The number of carbonyl (C=O) groups is 1. The van der Waals surface area contributed by atoms with Crippen LogP contribution in [0.2, 0.25) is 5.02 Å². The molecule has 0 radical (unpaired) electrons. The van der Waals surface area contributed by atoms with Crippen molar-refractivity contribution in [3.05, 3.63) is 82.2 Å². The van der Waals surface area contributed by atoms with Gasteiger partial charge in [0.05, 0.1) is 33.3 Å². The quantitative estimate of drug-likeness (QED) is 0.355. The van der Waals surface area contributed by atoms with Crippen molar-refractivity contribution in [1.29, 1.82) is 0 Å². The number of ether oxygens (including phenoxy) is 1. The Labute approximate surface area is 201 Å². The van der Waals surface area contributed by atoms with Crippen molar-refractivity contribution in [3.63, 3.8) is 0 Å². The van der Waals surface area contributed by atoms with E-state index in [1.165, 1.54) is 28.8 Å². The number of amides is 1. The normalized spacial score (nSPS) is 11.4. The molecule has 1 N–H and O–H groups in total. The van der Waals surface area contributed by atoms with Crippen LogP contribution in [0.1, 0.15) is 15.2 Å². The molecule has 0 fully saturated rings. The van der Waals surface area contributed by atoms with E-state index in [-0.39, 0.29) is 10.8 Å². The van der Waals surface area contributed by atoms with Crippen molar-refractivity contribution in [2.24, 2.45) is 0 Å². The largest absolute Gasteiger partial charge is 0.496 e. The van der Waals surface area contributed by atoms with E-state index in [4.69, 9.17) is 16.3 Å². The van der Waals surface area contributed by atoms with Gasteiger partial charge in [0.2, 0.25) is 0 Å². The van der Waals surface area contributed by atoms with Gasteiger partial charge in [0.1, 0.15) is 5.75 Å². The highest BCUT2D eigenvalue weighted by Gasteiger charge is 2.23. The third kappa shape index (κ3) is 4.55. The van der Waals surface area contributed by atoms with E-state index in [1.54, 1.807) is 68.6 Å². The Hall–Kier alpha value is -3.07. The fourth-order valence-corrected chi connectivity index (χ4v) is 5.79. The number of para-hydroxylation sites is 1. The zero-order valence-corrected chi connectivity index (χ0v) is 20.5. The lowest BCUT2D eigenvalue weighted by molar-refractivity contribution is 0.103. The summed E-state index contributed by atoms with van der Waals surface area (Å²) in [6, 6.07) is 18.8. The van der Waals surface area contributed by atoms with Crippen molar-refractivity contribution < 1.29 is 17.9 Å². The molecule has 0 saturated heterocycles. The van der Waals surface area contributed by atoms with E-state index < -0.39 is 10.0 Å². The second kappa shape index (κ2) is 9.05. The van der Waals surface area contributed by atoms with Gasteiger partial charge in [-0.05, 0) is 72.5 Å². The number of anilines is 2. The van der Waals surface area contributed by atoms with Gasteiger partial charge in [0.25, 0.3) is 15.9 Å². The Balaban J connectivity index is 1.62.